The fraction of sp³-hybridized carbons (Fsp3) is 0.364. The zero-order valence-electron chi connectivity index (χ0n) is 8.39. The lowest BCUT2D eigenvalue weighted by molar-refractivity contribution is 0.361. The van der Waals surface area contributed by atoms with E-state index in [0.29, 0.717) is 12.8 Å². The Balaban J connectivity index is 2.93. The van der Waals surface area contributed by atoms with Crippen LogP contribution in [0.2, 0.25) is 0 Å². The molecule has 0 aliphatic carbocycles. The molecular weight excluding hydrogens is 200 g/mol. The van der Waals surface area contributed by atoms with Crippen molar-refractivity contribution >= 4 is 0 Å². The van der Waals surface area contributed by atoms with Crippen LogP contribution in [0.1, 0.15) is 18.9 Å². The van der Waals surface area contributed by atoms with Crippen molar-refractivity contribution in [2.45, 2.75) is 19.8 Å². The van der Waals surface area contributed by atoms with Gasteiger partial charge in [0.25, 0.3) is 0 Å². The Morgan fingerprint density at radius 1 is 1.33 bits per heavy atom. The number of hydrogen-bond donors (Lipinski definition) is 0. The molecule has 0 N–H and O–H groups in total. The third kappa shape index (κ3) is 2.91. The zero-order valence-corrected chi connectivity index (χ0v) is 8.39. The van der Waals surface area contributed by atoms with Crippen molar-refractivity contribution in [2.75, 3.05) is 6.61 Å². The molecule has 0 fully saturated rings. The minimum atomic E-state index is -0.621. The highest BCUT2D eigenvalue weighted by atomic mass is 19.1. The average molecular weight is 211 g/mol. The largest absolute Gasteiger partial charge is 0.479 e. The van der Waals surface area contributed by atoms with E-state index >= 15 is 0 Å². The molecule has 0 aromatic heterocycles. The molecule has 0 saturated carbocycles. The number of rotatable bonds is 4. The van der Waals surface area contributed by atoms with Gasteiger partial charge in [0.2, 0.25) is 0 Å². The van der Waals surface area contributed by atoms with Gasteiger partial charge in [0.1, 0.15) is 23.5 Å². The quantitative estimate of drug-likeness (QED) is 0.767. The fourth-order valence-corrected chi connectivity index (χ4v) is 1.27. The van der Waals surface area contributed by atoms with Gasteiger partial charge < -0.3 is 4.74 Å². The molecule has 80 valence electrons. The minimum absolute atomic E-state index is 0.0476. The van der Waals surface area contributed by atoms with Gasteiger partial charge in [-0.3, -0.25) is 0 Å². The van der Waals surface area contributed by atoms with E-state index in [2.05, 4.69) is 0 Å². The lowest BCUT2D eigenvalue weighted by Gasteiger charge is -2.06. The molecule has 0 amide bonds. The molecule has 4 heteroatoms. The Morgan fingerprint density at radius 3 is 2.40 bits per heavy atom. The van der Waals surface area contributed by atoms with Crippen LogP contribution in [0.5, 0.6) is 5.75 Å². The molecule has 0 atom stereocenters. The predicted molar refractivity (Wildman–Crippen MR) is 51.5 cm³/mol. The Morgan fingerprint density at radius 2 is 1.93 bits per heavy atom. The van der Waals surface area contributed by atoms with Gasteiger partial charge in [-0.25, -0.2) is 8.78 Å². The van der Waals surface area contributed by atoms with Gasteiger partial charge in [-0.15, -0.1) is 0 Å². The van der Waals surface area contributed by atoms with E-state index in [1.54, 1.807) is 6.07 Å². The van der Waals surface area contributed by atoms with Crippen molar-refractivity contribution in [3.8, 4) is 11.8 Å². The summed E-state index contributed by atoms with van der Waals surface area (Å²) in [4.78, 5) is 0. The first-order valence-corrected chi connectivity index (χ1v) is 4.66. The number of nitrogens with zero attached hydrogens (tertiary/aromatic N) is 1. The van der Waals surface area contributed by atoms with Crippen LogP contribution < -0.4 is 4.74 Å². The van der Waals surface area contributed by atoms with Crippen LogP contribution in [-0.2, 0) is 6.42 Å². The molecule has 0 heterocycles. The normalized spacial score (nSPS) is 9.73. The van der Waals surface area contributed by atoms with Gasteiger partial charge in [-0.2, -0.15) is 5.26 Å². The molecule has 0 unspecified atom stereocenters. The smallest absolute Gasteiger partial charge is 0.174 e. The molecule has 0 bridgehead atoms. The number of hydrogen-bond acceptors (Lipinski definition) is 2. The first-order valence-electron chi connectivity index (χ1n) is 4.66. The topological polar surface area (TPSA) is 33.0 Å². The van der Waals surface area contributed by atoms with Gasteiger partial charge >= 0.3 is 0 Å². The Bertz CT molecular complexity index is 362. The fourth-order valence-electron chi connectivity index (χ4n) is 1.27. The summed E-state index contributed by atoms with van der Waals surface area (Å²) in [6.07, 6.45) is 1.03. The first-order chi connectivity index (χ1) is 7.19. The van der Waals surface area contributed by atoms with E-state index in [1.807, 2.05) is 6.92 Å². The maximum Gasteiger partial charge on any atom is 0.174 e. The van der Waals surface area contributed by atoms with Crippen molar-refractivity contribution in [2.24, 2.45) is 0 Å². The molecule has 0 saturated heterocycles. The monoisotopic (exact) mass is 211 g/mol. The molecule has 15 heavy (non-hydrogen) atoms. The zero-order chi connectivity index (χ0) is 11.3. The number of benzene rings is 1. The average Bonchev–Trinajstić information content (AvgIpc) is 2.20. The van der Waals surface area contributed by atoms with E-state index < -0.39 is 11.6 Å². The summed E-state index contributed by atoms with van der Waals surface area (Å²) >= 11 is 0. The van der Waals surface area contributed by atoms with E-state index in [1.165, 1.54) is 0 Å². The van der Waals surface area contributed by atoms with E-state index in [-0.39, 0.29) is 17.9 Å². The summed E-state index contributed by atoms with van der Waals surface area (Å²) in [6.45, 7) is 1.63. The SMILES string of the molecule is CCCc1c(F)cc(OCC#N)cc1F. The molecule has 0 aliphatic rings. The Labute approximate surface area is 87.1 Å². The lowest BCUT2D eigenvalue weighted by atomic mass is 10.1. The van der Waals surface area contributed by atoms with Crippen LogP contribution in [0.4, 0.5) is 8.78 Å². The summed E-state index contributed by atoms with van der Waals surface area (Å²) < 4.78 is 31.5. The third-order valence-electron chi connectivity index (χ3n) is 1.92. The van der Waals surface area contributed by atoms with Crippen LogP contribution >= 0.6 is 0 Å². The van der Waals surface area contributed by atoms with E-state index in [9.17, 15) is 8.78 Å². The van der Waals surface area contributed by atoms with E-state index in [0.717, 1.165) is 12.1 Å². The summed E-state index contributed by atoms with van der Waals surface area (Å²) in [6, 6.07) is 3.93. The summed E-state index contributed by atoms with van der Waals surface area (Å²) in [5, 5.41) is 8.24. The highest BCUT2D eigenvalue weighted by molar-refractivity contribution is 5.30. The summed E-state index contributed by atoms with van der Waals surface area (Å²) in [5.74, 6) is -1.19. The Kier molecular flexibility index (Phi) is 4.04. The third-order valence-corrected chi connectivity index (χ3v) is 1.92. The second-order valence-corrected chi connectivity index (χ2v) is 3.06. The first kappa shape index (κ1) is 11.4. The maximum absolute atomic E-state index is 13.3. The van der Waals surface area contributed by atoms with Gasteiger partial charge in [-0.05, 0) is 6.42 Å². The van der Waals surface area contributed by atoms with Crippen molar-refractivity contribution in [1.82, 2.24) is 0 Å². The Hall–Kier alpha value is -1.63. The van der Waals surface area contributed by atoms with Crippen LogP contribution in [0, 0.1) is 23.0 Å². The second kappa shape index (κ2) is 5.30. The highest BCUT2D eigenvalue weighted by Crippen LogP contribution is 2.21. The molecule has 1 aromatic rings. The van der Waals surface area contributed by atoms with Crippen LogP contribution in [0.3, 0.4) is 0 Å². The van der Waals surface area contributed by atoms with Gasteiger partial charge in [-0.1, -0.05) is 13.3 Å². The molecule has 1 aromatic carbocycles. The van der Waals surface area contributed by atoms with Crippen LogP contribution in [-0.4, -0.2) is 6.61 Å². The van der Waals surface area contributed by atoms with Gasteiger partial charge in [0.05, 0.1) is 0 Å². The van der Waals surface area contributed by atoms with Crippen molar-refractivity contribution in [1.29, 1.82) is 5.26 Å². The van der Waals surface area contributed by atoms with Crippen molar-refractivity contribution < 1.29 is 13.5 Å². The summed E-state index contributed by atoms with van der Waals surface area (Å²) in [5.41, 5.74) is 0.0711. The molecule has 0 radical (unpaired) electrons. The van der Waals surface area contributed by atoms with Crippen LogP contribution in [0.15, 0.2) is 12.1 Å². The van der Waals surface area contributed by atoms with Crippen LogP contribution in [0.25, 0.3) is 0 Å². The predicted octanol–water partition coefficient (Wildman–Crippen LogP) is 2.82. The van der Waals surface area contributed by atoms with Gasteiger partial charge in [0.15, 0.2) is 6.61 Å². The molecule has 2 nitrogen and oxygen atoms in total. The lowest BCUT2D eigenvalue weighted by Crippen LogP contribution is -1.99. The minimum Gasteiger partial charge on any atom is -0.479 e. The number of ether oxygens (including phenoxy) is 1. The van der Waals surface area contributed by atoms with Gasteiger partial charge in [0, 0.05) is 17.7 Å². The maximum atomic E-state index is 13.3. The molecule has 0 aliphatic heterocycles. The molecule has 1 rings (SSSR count). The van der Waals surface area contributed by atoms with Crippen molar-refractivity contribution in [3.05, 3.63) is 29.3 Å². The number of nitriles is 1. The standard InChI is InChI=1S/C11H11F2NO/c1-2-3-9-10(12)6-8(7-11(9)13)15-5-4-14/h6-7H,2-3,5H2,1H3. The highest BCUT2D eigenvalue weighted by Gasteiger charge is 2.10. The van der Waals surface area contributed by atoms with Crippen molar-refractivity contribution in [3.63, 3.8) is 0 Å². The molecular formula is C11H11F2NO. The summed E-state index contributed by atoms with van der Waals surface area (Å²) in [7, 11) is 0. The molecule has 0 spiro atoms. The second-order valence-electron chi connectivity index (χ2n) is 3.06. The van der Waals surface area contributed by atoms with E-state index in [4.69, 9.17) is 10.00 Å². The number of halogens is 2.